The molecule has 0 saturated heterocycles. The predicted molar refractivity (Wildman–Crippen MR) is 148 cm³/mol. The summed E-state index contributed by atoms with van der Waals surface area (Å²) in [5, 5.41) is 0. The second kappa shape index (κ2) is 10.0. The summed E-state index contributed by atoms with van der Waals surface area (Å²) < 4.78 is 68.2. The SMILES string of the molecule is COc1ncc(-c2ccc3nc(N)n(-c4cccc(-c5cnco5)c4)c3c2)cc1NS(=O)(=O)c1ccc(F)cc1F. The molecule has 10 nitrogen and oxygen atoms in total. The van der Waals surface area contributed by atoms with Crippen molar-refractivity contribution in [2.24, 2.45) is 0 Å². The van der Waals surface area contributed by atoms with Crippen LogP contribution in [0.25, 0.3) is 39.2 Å². The number of benzene rings is 3. The number of nitrogen functional groups attached to an aromatic ring is 1. The smallest absolute Gasteiger partial charge is 0.264 e. The summed E-state index contributed by atoms with van der Waals surface area (Å²) in [6.45, 7) is 0. The molecule has 3 aromatic heterocycles. The van der Waals surface area contributed by atoms with E-state index in [2.05, 4.69) is 19.7 Å². The number of halogens is 2. The lowest BCUT2D eigenvalue weighted by Gasteiger charge is -2.13. The van der Waals surface area contributed by atoms with E-state index in [1.807, 2.05) is 30.3 Å². The Kier molecular flexibility index (Phi) is 6.34. The minimum Gasteiger partial charge on any atom is -0.480 e. The van der Waals surface area contributed by atoms with Gasteiger partial charge >= 0.3 is 0 Å². The van der Waals surface area contributed by atoms with Gasteiger partial charge in [-0.05, 0) is 48.0 Å². The molecule has 206 valence electrons. The number of imidazole rings is 1. The van der Waals surface area contributed by atoms with Gasteiger partial charge in [-0.3, -0.25) is 9.29 Å². The zero-order valence-corrected chi connectivity index (χ0v) is 22.1. The number of pyridine rings is 1. The first-order valence-electron chi connectivity index (χ1n) is 12.0. The van der Waals surface area contributed by atoms with E-state index in [0.29, 0.717) is 34.0 Å². The van der Waals surface area contributed by atoms with Crippen molar-refractivity contribution in [3.63, 3.8) is 0 Å². The van der Waals surface area contributed by atoms with Crippen LogP contribution in [0, 0.1) is 11.6 Å². The van der Waals surface area contributed by atoms with Gasteiger partial charge in [0.25, 0.3) is 10.0 Å². The van der Waals surface area contributed by atoms with Crippen LogP contribution in [0.1, 0.15) is 0 Å². The van der Waals surface area contributed by atoms with Gasteiger partial charge in [-0.1, -0.05) is 18.2 Å². The Balaban J connectivity index is 1.41. The Morgan fingerprint density at radius 1 is 0.976 bits per heavy atom. The molecule has 0 aliphatic rings. The van der Waals surface area contributed by atoms with Crippen LogP contribution in [-0.2, 0) is 10.0 Å². The molecule has 13 heteroatoms. The van der Waals surface area contributed by atoms with E-state index in [4.69, 9.17) is 14.9 Å². The zero-order chi connectivity index (χ0) is 28.7. The van der Waals surface area contributed by atoms with Crippen LogP contribution < -0.4 is 15.2 Å². The first-order chi connectivity index (χ1) is 19.7. The molecule has 3 N–H and O–H groups in total. The van der Waals surface area contributed by atoms with Gasteiger partial charge in [0, 0.05) is 29.1 Å². The average Bonchev–Trinajstić information content (AvgIpc) is 3.60. The molecule has 0 fully saturated rings. The Morgan fingerprint density at radius 3 is 2.59 bits per heavy atom. The standard InChI is InChI=1S/C28H20F2N6O4S/c1-39-27-23(35-41(37,38)26-8-6-19(29)12-21(26)30)10-18(13-33-27)16-5-7-22-24(11-16)36(28(31)34-22)20-4-2-3-17(9-20)25-14-32-15-40-25/h2-15,35H,1H3,(H2,31,34). The molecule has 0 saturated carbocycles. The van der Waals surface area contributed by atoms with Gasteiger partial charge < -0.3 is 14.9 Å². The number of nitrogens with zero attached hydrogens (tertiary/aromatic N) is 4. The quantitative estimate of drug-likeness (QED) is 0.258. The Morgan fingerprint density at radius 2 is 1.83 bits per heavy atom. The van der Waals surface area contributed by atoms with Crippen molar-refractivity contribution in [1.82, 2.24) is 19.5 Å². The molecule has 41 heavy (non-hydrogen) atoms. The number of nitrogens with one attached hydrogen (secondary N) is 1. The van der Waals surface area contributed by atoms with Gasteiger partial charge in [-0.15, -0.1) is 0 Å². The van der Waals surface area contributed by atoms with Crippen LogP contribution in [-0.4, -0.2) is 35.0 Å². The fourth-order valence-electron chi connectivity index (χ4n) is 4.44. The lowest BCUT2D eigenvalue weighted by Crippen LogP contribution is -2.15. The van der Waals surface area contributed by atoms with Crippen molar-refractivity contribution in [1.29, 1.82) is 0 Å². The molecular weight excluding hydrogens is 554 g/mol. The molecule has 6 rings (SSSR count). The van der Waals surface area contributed by atoms with Crippen molar-refractivity contribution in [2.45, 2.75) is 4.90 Å². The molecule has 0 atom stereocenters. The highest BCUT2D eigenvalue weighted by molar-refractivity contribution is 7.92. The fraction of sp³-hybridized carbons (Fsp3) is 0.0357. The van der Waals surface area contributed by atoms with E-state index in [9.17, 15) is 17.2 Å². The molecule has 3 aromatic carbocycles. The van der Waals surface area contributed by atoms with Crippen molar-refractivity contribution in [3.8, 4) is 34.0 Å². The summed E-state index contributed by atoms with van der Waals surface area (Å²) in [7, 11) is -3.13. The van der Waals surface area contributed by atoms with E-state index < -0.39 is 26.6 Å². The Bertz CT molecular complexity index is 2030. The van der Waals surface area contributed by atoms with E-state index in [-0.39, 0.29) is 17.5 Å². The number of methoxy groups -OCH3 is 1. The largest absolute Gasteiger partial charge is 0.480 e. The maximum absolute atomic E-state index is 14.3. The molecule has 0 bridgehead atoms. The van der Waals surface area contributed by atoms with Gasteiger partial charge in [-0.2, -0.15) is 0 Å². The summed E-state index contributed by atoms with van der Waals surface area (Å²) in [6.07, 6.45) is 4.47. The van der Waals surface area contributed by atoms with Gasteiger partial charge in [0.15, 0.2) is 12.2 Å². The Hall–Kier alpha value is -5.30. The number of anilines is 2. The maximum Gasteiger partial charge on any atom is 0.264 e. The van der Waals surface area contributed by atoms with Gasteiger partial charge in [0.2, 0.25) is 11.8 Å². The van der Waals surface area contributed by atoms with E-state index in [0.717, 1.165) is 23.4 Å². The summed E-state index contributed by atoms with van der Waals surface area (Å²) in [5.41, 5.74) is 10.3. The number of hydrogen-bond donors (Lipinski definition) is 2. The fourth-order valence-corrected chi connectivity index (χ4v) is 5.55. The summed E-state index contributed by atoms with van der Waals surface area (Å²) in [4.78, 5) is 11.9. The second-order valence-electron chi connectivity index (χ2n) is 8.89. The zero-order valence-electron chi connectivity index (χ0n) is 21.2. The van der Waals surface area contributed by atoms with Gasteiger partial charge in [0.05, 0.1) is 24.3 Å². The molecule has 0 aliphatic carbocycles. The highest BCUT2D eigenvalue weighted by atomic mass is 32.2. The van der Waals surface area contributed by atoms with Crippen LogP contribution in [0.4, 0.5) is 20.4 Å². The number of hydrogen-bond acceptors (Lipinski definition) is 8. The topological polar surface area (TPSA) is 138 Å². The number of nitrogens with two attached hydrogens (primary N) is 1. The molecule has 0 amide bonds. The molecule has 3 heterocycles. The predicted octanol–water partition coefficient (Wildman–Crippen LogP) is 5.41. The van der Waals surface area contributed by atoms with Crippen LogP contribution >= 0.6 is 0 Å². The number of rotatable bonds is 7. The first-order valence-corrected chi connectivity index (χ1v) is 13.5. The third-order valence-electron chi connectivity index (χ3n) is 6.31. The number of fused-ring (bicyclic) bond motifs is 1. The molecule has 0 spiro atoms. The number of aromatic nitrogens is 4. The minimum atomic E-state index is -4.44. The molecule has 0 unspecified atom stereocenters. The van der Waals surface area contributed by atoms with E-state index in [1.165, 1.54) is 25.8 Å². The van der Waals surface area contributed by atoms with E-state index >= 15 is 0 Å². The summed E-state index contributed by atoms with van der Waals surface area (Å²) in [6, 6.07) is 16.6. The molecule has 6 aromatic rings. The summed E-state index contributed by atoms with van der Waals surface area (Å²) in [5.74, 6) is -1.32. The monoisotopic (exact) mass is 574 g/mol. The van der Waals surface area contributed by atoms with Gasteiger partial charge in [-0.25, -0.2) is 32.2 Å². The molecule has 0 aliphatic heterocycles. The van der Waals surface area contributed by atoms with Gasteiger partial charge in [0.1, 0.15) is 22.2 Å². The molecular formula is C28H20F2N6O4S. The lowest BCUT2D eigenvalue weighted by molar-refractivity contribution is 0.400. The highest BCUT2D eigenvalue weighted by Gasteiger charge is 2.22. The van der Waals surface area contributed by atoms with Crippen molar-refractivity contribution in [3.05, 3.63) is 97.2 Å². The third-order valence-corrected chi connectivity index (χ3v) is 7.71. The Labute approximate surface area is 232 Å². The maximum atomic E-state index is 14.3. The number of oxazole rings is 1. The van der Waals surface area contributed by atoms with E-state index in [1.54, 1.807) is 22.9 Å². The number of ether oxygens (including phenoxy) is 1. The van der Waals surface area contributed by atoms with Crippen LogP contribution in [0.3, 0.4) is 0 Å². The molecule has 0 radical (unpaired) electrons. The van der Waals surface area contributed by atoms with Crippen molar-refractivity contribution >= 4 is 32.7 Å². The second-order valence-corrected chi connectivity index (χ2v) is 10.5. The van der Waals surface area contributed by atoms with Crippen LogP contribution in [0.15, 0.2) is 94.8 Å². The summed E-state index contributed by atoms with van der Waals surface area (Å²) >= 11 is 0. The van der Waals surface area contributed by atoms with Crippen molar-refractivity contribution < 1.29 is 26.4 Å². The number of sulfonamides is 1. The average molecular weight is 575 g/mol. The van der Waals surface area contributed by atoms with Crippen LogP contribution in [0.5, 0.6) is 5.88 Å². The highest BCUT2D eigenvalue weighted by Crippen LogP contribution is 2.34. The third kappa shape index (κ3) is 4.82. The first kappa shape index (κ1) is 26.0. The van der Waals surface area contributed by atoms with Crippen molar-refractivity contribution in [2.75, 3.05) is 17.6 Å². The van der Waals surface area contributed by atoms with Crippen LogP contribution in [0.2, 0.25) is 0 Å². The normalized spacial score (nSPS) is 11.6. The minimum absolute atomic E-state index is 0.0402. The lowest BCUT2D eigenvalue weighted by atomic mass is 10.1.